The molecule has 1 N–H and O–H groups in total. The maximum atomic E-state index is 13.2. The van der Waals surface area contributed by atoms with Crippen molar-refractivity contribution in [3.05, 3.63) is 35.3 Å². The maximum Gasteiger partial charge on any atom is 0.287 e. The molecule has 0 saturated carbocycles. The van der Waals surface area contributed by atoms with Gasteiger partial charge in [0.2, 0.25) is 0 Å². The van der Waals surface area contributed by atoms with Crippen LogP contribution in [0.4, 0.5) is 4.39 Å². The van der Waals surface area contributed by atoms with Gasteiger partial charge in [-0.05, 0) is 32.0 Å². The van der Waals surface area contributed by atoms with Gasteiger partial charge in [0, 0.05) is 24.1 Å². The number of carbonyl (C=O) groups is 1. The van der Waals surface area contributed by atoms with Crippen LogP contribution in [-0.4, -0.2) is 25.7 Å². The Kier molecular flexibility index (Phi) is 3.85. The first-order valence-corrected chi connectivity index (χ1v) is 6.01. The molecule has 1 heterocycles. The Morgan fingerprint density at radius 1 is 1.53 bits per heavy atom. The van der Waals surface area contributed by atoms with E-state index in [-0.39, 0.29) is 23.5 Å². The summed E-state index contributed by atoms with van der Waals surface area (Å²) >= 11 is 0. The molecular weight excluding hydrogens is 249 g/mol. The molecule has 0 saturated heterocycles. The fraction of sp³-hybridized carbons (Fsp3) is 0.357. The van der Waals surface area contributed by atoms with E-state index < -0.39 is 0 Å². The first kappa shape index (κ1) is 13.5. The van der Waals surface area contributed by atoms with Gasteiger partial charge in [0.15, 0.2) is 5.76 Å². The van der Waals surface area contributed by atoms with E-state index in [2.05, 4.69) is 5.32 Å². The van der Waals surface area contributed by atoms with Crippen molar-refractivity contribution in [1.82, 2.24) is 5.32 Å². The molecule has 5 heteroatoms. The lowest BCUT2D eigenvalue weighted by Gasteiger charge is -2.11. The van der Waals surface area contributed by atoms with Crippen molar-refractivity contribution in [3.63, 3.8) is 0 Å². The quantitative estimate of drug-likeness (QED) is 0.924. The largest absolute Gasteiger partial charge is 0.451 e. The Bertz CT molecular complexity index is 606. The monoisotopic (exact) mass is 265 g/mol. The van der Waals surface area contributed by atoms with Crippen LogP contribution in [0.25, 0.3) is 11.0 Å². The average Bonchev–Trinajstić information content (AvgIpc) is 2.67. The van der Waals surface area contributed by atoms with Gasteiger partial charge in [0.25, 0.3) is 5.91 Å². The van der Waals surface area contributed by atoms with Gasteiger partial charge in [-0.2, -0.15) is 0 Å². The van der Waals surface area contributed by atoms with E-state index >= 15 is 0 Å². The number of fused-ring (bicyclic) bond motifs is 1. The highest BCUT2D eigenvalue weighted by Crippen LogP contribution is 2.25. The number of methoxy groups -OCH3 is 1. The SMILES string of the molecule is COCC(C)NC(=O)c1oc2ccc(F)cc2c1C. The normalized spacial score (nSPS) is 12.6. The summed E-state index contributed by atoms with van der Waals surface area (Å²) in [6.07, 6.45) is 0. The van der Waals surface area contributed by atoms with Gasteiger partial charge < -0.3 is 14.5 Å². The molecule has 1 atom stereocenters. The summed E-state index contributed by atoms with van der Waals surface area (Å²) < 4.78 is 23.6. The van der Waals surface area contributed by atoms with Gasteiger partial charge in [-0.1, -0.05) is 0 Å². The zero-order chi connectivity index (χ0) is 14.0. The molecule has 2 rings (SSSR count). The molecule has 0 radical (unpaired) electrons. The van der Waals surface area contributed by atoms with Crippen molar-refractivity contribution in [1.29, 1.82) is 0 Å². The summed E-state index contributed by atoms with van der Waals surface area (Å²) in [5, 5.41) is 3.38. The second kappa shape index (κ2) is 5.40. The molecular formula is C14H16FNO3. The van der Waals surface area contributed by atoms with Crippen LogP contribution in [0.5, 0.6) is 0 Å². The van der Waals surface area contributed by atoms with Gasteiger partial charge in [-0.25, -0.2) is 4.39 Å². The number of hydrogen-bond acceptors (Lipinski definition) is 3. The number of halogens is 1. The second-order valence-electron chi connectivity index (χ2n) is 4.53. The Labute approximate surface area is 110 Å². The van der Waals surface area contributed by atoms with Crippen molar-refractivity contribution < 1.29 is 18.3 Å². The van der Waals surface area contributed by atoms with Gasteiger partial charge in [0.05, 0.1) is 6.61 Å². The number of ether oxygens (including phenoxy) is 1. The zero-order valence-corrected chi connectivity index (χ0v) is 11.1. The molecule has 1 unspecified atom stereocenters. The zero-order valence-electron chi connectivity index (χ0n) is 11.1. The Hall–Kier alpha value is -1.88. The molecule has 102 valence electrons. The predicted molar refractivity (Wildman–Crippen MR) is 69.7 cm³/mol. The van der Waals surface area contributed by atoms with Crippen molar-refractivity contribution in [2.45, 2.75) is 19.9 Å². The summed E-state index contributed by atoms with van der Waals surface area (Å²) in [6, 6.07) is 4.07. The highest BCUT2D eigenvalue weighted by atomic mass is 19.1. The molecule has 19 heavy (non-hydrogen) atoms. The highest BCUT2D eigenvalue weighted by molar-refractivity contribution is 5.99. The summed E-state index contributed by atoms with van der Waals surface area (Å²) in [5.74, 6) is -0.460. The molecule has 1 aromatic carbocycles. The fourth-order valence-electron chi connectivity index (χ4n) is 1.99. The van der Waals surface area contributed by atoms with Crippen molar-refractivity contribution >= 4 is 16.9 Å². The Balaban J connectivity index is 2.30. The van der Waals surface area contributed by atoms with Gasteiger partial charge in [-0.15, -0.1) is 0 Å². The molecule has 0 aliphatic carbocycles. The van der Waals surface area contributed by atoms with Crippen LogP contribution in [0.2, 0.25) is 0 Å². The number of benzene rings is 1. The van der Waals surface area contributed by atoms with Gasteiger partial charge >= 0.3 is 0 Å². The summed E-state index contributed by atoms with van der Waals surface area (Å²) in [4.78, 5) is 12.1. The van der Waals surface area contributed by atoms with Crippen LogP contribution in [0.1, 0.15) is 23.0 Å². The van der Waals surface area contributed by atoms with Crippen LogP contribution < -0.4 is 5.32 Å². The van der Waals surface area contributed by atoms with E-state index in [0.29, 0.717) is 23.1 Å². The third kappa shape index (κ3) is 2.76. The van der Waals surface area contributed by atoms with Crippen molar-refractivity contribution in [2.75, 3.05) is 13.7 Å². The first-order chi connectivity index (χ1) is 9.02. The third-order valence-corrected chi connectivity index (χ3v) is 2.90. The molecule has 1 aromatic heterocycles. The minimum atomic E-state index is -0.351. The Morgan fingerprint density at radius 2 is 2.26 bits per heavy atom. The van der Waals surface area contributed by atoms with Gasteiger partial charge in [-0.3, -0.25) is 4.79 Å². The minimum Gasteiger partial charge on any atom is -0.451 e. The van der Waals surface area contributed by atoms with Crippen LogP contribution in [0.3, 0.4) is 0 Å². The van der Waals surface area contributed by atoms with Crippen molar-refractivity contribution in [3.8, 4) is 0 Å². The molecule has 0 aliphatic heterocycles. The van der Waals surface area contributed by atoms with Gasteiger partial charge in [0.1, 0.15) is 11.4 Å². The molecule has 0 bridgehead atoms. The molecule has 0 fully saturated rings. The van der Waals surface area contributed by atoms with E-state index in [1.165, 1.54) is 18.2 Å². The lowest BCUT2D eigenvalue weighted by Crippen LogP contribution is -2.35. The van der Waals surface area contributed by atoms with Crippen LogP contribution in [0.15, 0.2) is 22.6 Å². The number of amides is 1. The summed E-state index contributed by atoms with van der Waals surface area (Å²) in [6.45, 7) is 3.99. The van der Waals surface area contributed by atoms with Crippen LogP contribution in [-0.2, 0) is 4.74 Å². The number of hydrogen-bond donors (Lipinski definition) is 1. The second-order valence-corrected chi connectivity index (χ2v) is 4.53. The number of nitrogens with one attached hydrogen (secondary N) is 1. The van der Waals surface area contributed by atoms with E-state index in [4.69, 9.17) is 9.15 Å². The number of furan rings is 1. The minimum absolute atomic E-state index is 0.123. The van der Waals surface area contributed by atoms with E-state index in [1.54, 1.807) is 14.0 Å². The van der Waals surface area contributed by atoms with Crippen molar-refractivity contribution in [2.24, 2.45) is 0 Å². The maximum absolute atomic E-state index is 13.2. The molecule has 4 nitrogen and oxygen atoms in total. The van der Waals surface area contributed by atoms with E-state index in [0.717, 1.165) is 0 Å². The molecule has 0 spiro atoms. The van der Waals surface area contributed by atoms with Crippen LogP contribution >= 0.6 is 0 Å². The first-order valence-electron chi connectivity index (χ1n) is 6.01. The molecule has 2 aromatic rings. The van der Waals surface area contributed by atoms with Crippen LogP contribution in [0, 0.1) is 12.7 Å². The molecule has 0 aliphatic rings. The predicted octanol–water partition coefficient (Wildman–Crippen LogP) is 2.65. The lowest BCUT2D eigenvalue weighted by atomic mass is 10.1. The standard InChI is InChI=1S/C14H16FNO3/c1-8(7-18-3)16-14(17)13-9(2)11-6-10(15)4-5-12(11)19-13/h4-6,8H,7H2,1-3H3,(H,16,17). The molecule has 1 amide bonds. The number of aryl methyl sites for hydroxylation is 1. The number of rotatable bonds is 4. The lowest BCUT2D eigenvalue weighted by molar-refractivity contribution is 0.0879. The smallest absolute Gasteiger partial charge is 0.287 e. The van der Waals surface area contributed by atoms with E-state index in [9.17, 15) is 9.18 Å². The summed E-state index contributed by atoms with van der Waals surface area (Å²) in [7, 11) is 1.57. The average molecular weight is 265 g/mol. The third-order valence-electron chi connectivity index (χ3n) is 2.90. The fourth-order valence-corrected chi connectivity index (χ4v) is 1.99. The topological polar surface area (TPSA) is 51.5 Å². The highest BCUT2D eigenvalue weighted by Gasteiger charge is 2.19. The van der Waals surface area contributed by atoms with E-state index in [1.807, 2.05) is 6.92 Å². The summed E-state index contributed by atoms with van der Waals surface area (Å²) in [5.41, 5.74) is 1.14. The Morgan fingerprint density at radius 3 is 2.95 bits per heavy atom. The number of carbonyl (C=O) groups excluding carboxylic acids is 1.